The number of carbonyl (C=O) groups is 2. The summed E-state index contributed by atoms with van der Waals surface area (Å²) in [7, 11) is 0. The predicted octanol–water partition coefficient (Wildman–Crippen LogP) is 3.55. The highest BCUT2D eigenvalue weighted by Gasteiger charge is 2.32. The lowest BCUT2D eigenvalue weighted by atomic mass is 9.87. The summed E-state index contributed by atoms with van der Waals surface area (Å²) in [5.74, 6) is -0.0646. The van der Waals surface area contributed by atoms with Crippen molar-refractivity contribution < 1.29 is 9.59 Å². The molecule has 1 fully saturated rings. The standard InChI is InChI=1S/C21H25N3O2S/c1-14-7-6-8-15(2)24(14)20(26)13-27-21-18(12-22)17(11-19(25)23-21)16-9-4-3-5-10-16/h3-5,9-10,14-15,17H,6-8,11,13H2,1-2H3,(H,23,25)/t14-,15+,17-/m1/s1. The van der Waals surface area contributed by atoms with E-state index in [-0.39, 0.29) is 42.0 Å². The molecule has 0 unspecified atom stereocenters. The maximum Gasteiger partial charge on any atom is 0.233 e. The zero-order valence-corrected chi connectivity index (χ0v) is 16.6. The van der Waals surface area contributed by atoms with Crippen molar-refractivity contribution in [2.75, 3.05) is 5.75 Å². The van der Waals surface area contributed by atoms with Crippen LogP contribution in [0.5, 0.6) is 0 Å². The highest BCUT2D eigenvalue weighted by atomic mass is 32.2. The third kappa shape index (κ3) is 4.36. The molecule has 2 heterocycles. The van der Waals surface area contributed by atoms with E-state index in [1.807, 2.05) is 35.2 Å². The average Bonchev–Trinajstić information content (AvgIpc) is 2.66. The van der Waals surface area contributed by atoms with Crippen LogP contribution >= 0.6 is 11.8 Å². The Kier molecular flexibility index (Phi) is 6.22. The summed E-state index contributed by atoms with van der Waals surface area (Å²) in [5.41, 5.74) is 1.49. The molecular weight excluding hydrogens is 358 g/mol. The lowest BCUT2D eigenvalue weighted by Gasteiger charge is -2.39. The summed E-state index contributed by atoms with van der Waals surface area (Å²) in [6.07, 6.45) is 3.46. The van der Waals surface area contributed by atoms with Gasteiger partial charge in [0.1, 0.15) is 0 Å². The molecule has 3 atom stereocenters. The Bertz CT molecular complexity index is 774. The minimum absolute atomic E-state index is 0.0700. The van der Waals surface area contributed by atoms with Gasteiger partial charge in [0.2, 0.25) is 11.8 Å². The molecule has 0 saturated carbocycles. The summed E-state index contributed by atoms with van der Waals surface area (Å²) in [4.78, 5) is 26.9. The van der Waals surface area contributed by atoms with Gasteiger partial charge in [0.05, 0.1) is 22.4 Å². The van der Waals surface area contributed by atoms with Crippen LogP contribution in [0.2, 0.25) is 0 Å². The first-order valence-corrected chi connectivity index (χ1v) is 10.4. The van der Waals surface area contributed by atoms with Crippen molar-refractivity contribution in [2.45, 2.75) is 57.5 Å². The zero-order valence-electron chi connectivity index (χ0n) is 15.8. The monoisotopic (exact) mass is 383 g/mol. The number of likely N-dealkylation sites (tertiary alicyclic amines) is 1. The fraction of sp³-hybridized carbons (Fsp3) is 0.476. The van der Waals surface area contributed by atoms with E-state index in [0.717, 1.165) is 24.8 Å². The minimum Gasteiger partial charge on any atom is -0.337 e. The van der Waals surface area contributed by atoms with Gasteiger partial charge in [-0.2, -0.15) is 5.26 Å². The maximum absolute atomic E-state index is 12.8. The fourth-order valence-electron chi connectivity index (χ4n) is 4.02. The Hall–Kier alpha value is -2.26. The molecule has 1 saturated heterocycles. The molecule has 0 spiro atoms. The molecule has 2 amide bonds. The number of hydrogen-bond acceptors (Lipinski definition) is 4. The van der Waals surface area contributed by atoms with Gasteiger partial charge in [0.15, 0.2) is 0 Å². The van der Waals surface area contributed by atoms with Crippen molar-refractivity contribution in [1.82, 2.24) is 10.2 Å². The first-order valence-electron chi connectivity index (χ1n) is 9.44. The van der Waals surface area contributed by atoms with Crippen molar-refractivity contribution in [3.8, 4) is 6.07 Å². The van der Waals surface area contributed by atoms with Gasteiger partial charge in [0, 0.05) is 24.4 Å². The molecule has 1 aromatic rings. The second-order valence-electron chi connectivity index (χ2n) is 7.29. The molecule has 1 aromatic carbocycles. The predicted molar refractivity (Wildman–Crippen MR) is 107 cm³/mol. The lowest BCUT2D eigenvalue weighted by molar-refractivity contribution is -0.134. The van der Waals surface area contributed by atoms with E-state index in [1.54, 1.807) is 0 Å². The molecular formula is C21H25N3O2S. The van der Waals surface area contributed by atoms with Gasteiger partial charge in [-0.25, -0.2) is 0 Å². The van der Waals surface area contributed by atoms with Crippen LogP contribution in [0.3, 0.4) is 0 Å². The normalized spacial score (nSPS) is 25.7. The molecule has 6 heteroatoms. The number of thioether (sulfide) groups is 1. The van der Waals surface area contributed by atoms with Gasteiger partial charge in [-0.3, -0.25) is 9.59 Å². The molecule has 27 heavy (non-hydrogen) atoms. The molecule has 0 radical (unpaired) electrons. The van der Waals surface area contributed by atoms with Crippen LogP contribution in [-0.2, 0) is 9.59 Å². The lowest BCUT2D eigenvalue weighted by Crippen LogP contribution is -2.48. The molecule has 5 nitrogen and oxygen atoms in total. The highest BCUT2D eigenvalue weighted by Crippen LogP contribution is 2.36. The van der Waals surface area contributed by atoms with Crippen molar-refractivity contribution in [3.63, 3.8) is 0 Å². The van der Waals surface area contributed by atoms with Crippen molar-refractivity contribution in [1.29, 1.82) is 5.26 Å². The Morgan fingerprint density at radius 1 is 1.26 bits per heavy atom. The Labute approximate surface area is 164 Å². The molecule has 142 valence electrons. The van der Waals surface area contributed by atoms with Gasteiger partial charge < -0.3 is 10.2 Å². The second kappa shape index (κ2) is 8.62. The van der Waals surface area contributed by atoms with Crippen molar-refractivity contribution >= 4 is 23.6 Å². The molecule has 3 rings (SSSR count). The van der Waals surface area contributed by atoms with Crippen molar-refractivity contribution in [2.24, 2.45) is 0 Å². The first kappa shape index (κ1) is 19.5. The van der Waals surface area contributed by atoms with E-state index < -0.39 is 0 Å². The van der Waals surface area contributed by atoms with E-state index in [1.165, 1.54) is 11.8 Å². The Balaban J connectivity index is 1.77. The number of nitriles is 1. The quantitative estimate of drug-likeness (QED) is 0.863. The number of nitrogens with one attached hydrogen (secondary N) is 1. The van der Waals surface area contributed by atoms with E-state index in [9.17, 15) is 14.9 Å². The summed E-state index contributed by atoms with van der Waals surface area (Å²) in [6, 6.07) is 12.3. The molecule has 1 N–H and O–H groups in total. The maximum atomic E-state index is 12.8. The second-order valence-corrected chi connectivity index (χ2v) is 8.27. The van der Waals surface area contributed by atoms with Crippen LogP contribution in [-0.4, -0.2) is 34.6 Å². The van der Waals surface area contributed by atoms with Gasteiger partial charge in [-0.1, -0.05) is 42.1 Å². The summed E-state index contributed by atoms with van der Waals surface area (Å²) >= 11 is 1.27. The molecule has 0 aromatic heterocycles. The summed E-state index contributed by atoms with van der Waals surface area (Å²) in [6.45, 7) is 4.18. The molecule has 0 aliphatic carbocycles. The number of hydrogen-bond donors (Lipinski definition) is 1. The molecule has 2 aliphatic heterocycles. The first-order chi connectivity index (χ1) is 13.0. The van der Waals surface area contributed by atoms with Crippen LogP contribution in [0.1, 0.15) is 51.0 Å². The van der Waals surface area contributed by atoms with E-state index in [4.69, 9.17) is 0 Å². The van der Waals surface area contributed by atoms with Crippen LogP contribution in [0.15, 0.2) is 40.9 Å². The van der Waals surface area contributed by atoms with Gasteiger partial charge in [-0.15, -0.1) is 0 Å². The van der Waals surface area contributed by atoms with Gasteiger partial charge >= 0.3 is 0 Å². The Morgan fingerprint density at radius 3 is 2.56 bits per heavy atom. The smallest absolute Gasteiger partial charge is 0.233 e. The third-order valence-electron chi connectivity index (χ3n) is 5.38. The largest absolute Gasteiger partial charge is 0.337 e. The number of rotatable bonds is 4. The summed E-state index contributed by atoms with van der Waals surface area (Å²) < 4.78 is 0. The Morgan fingerprint density at radius 2 is 1.93 bits per heavy atom. The summed E-state index contributed by atoms with van der Waals surface area (Å²) in [5, 5.41) is 13.0. The van der Waals surface area contributed by atoms with E-state index in [0.29, 0.717) is 10.6 Å². The number of amides is 2. The van der Waals surface area contributed by atoms with E-state index in [2.05, 4.69) is 25.2 Å². The molecule has 0 bridgehead atoms. The zero-order chi connectivity index (χ0) is 19.4. The van der Waals surface area contributed by atoms with Crippen LogP contribution < -0.4 is 5.32 Å². The minimum atomic E-state index is -0.254. The highest BCUT2D eigenvalue weighted by molar-refractivity contribution is 8.03. The number of benzene rings is 1. The fourth-order valence-corrected chi connectivity index (χ4v) is 4.97. The van der Waals surface area contributed by atoms with Crippen molar-refractivity contribution in [3.05, 3.63) is 46.5 Å². The van der Waals surface area contributed by atoms with Gasteiger partial charge in [-0.05, 0) is 38.7 Å². The van der Waals surface area contributed by atoms with Crippen LogP contribution in [0, 0.1) is 11.3 Å². The number of nitrogens with zero attached hydrogens (tertiary/aromatic N) is 2. The number of carbonyl (C=O) groups excluding carboxylic acids is 2. The van der Waals surface area contributed by atoms with Crippen LogP contribution in [0.25, 0.3) is 0 Å². The SMILES string of the molecule is C[C@@H]1CCC[C@H](C)N1C(=O)CSC1=C(C#N)[C@@H](c2ccccc2)CC(=O)N1. The third-order valence-corrected chi connectivity index (χ3v) is 6.38. The van der Waals surface area contributed by atoms with Gasteiger partial charge in [0.25, 0.3) is 0 Å². The van der Waals surface area contributed by atoms with E-state index >= 15 is 0 Å². The number of piperidine rings is 1. The topological polar surface area (TPSA) is 73.2 Å². The van der Waals surface area contributed by atoms with Crippen LogP contribution in [0.4, 0.5) is 0 Å². The average molecular weight is 384 g/mol. The number of allylic oxidation sites excluding steroid dienone is 1. The molecule has 2 aliphatic rings.